The number of hydrogen-bond acceptors (Lipinski definition) is 3. The van der Waals surface area contributed by atoms with Gasteiger partial charge >= 0.3 is 0 Å². The SMILES string of the molecule is Cc1cccc(NC(=O)[C@@H](C#N)Cc2cccs2)c1. The van der Waals surface area contributed by atoms with Gasteiger partial charge in [-0.2, -0.15) is 5.26 Å². The van der Waals surface area contributed by atoms with Crippen LogP contribution in [-0.4, -0.2) is 5.91 Å². The molecule has 0 aliphatic rings. The Morgan fingerprint density at radius 1 is 1.42 bits per heavy atom. The Kier molecular flexibility index (Phi) is 4.32. The summed E-state index contributed by atoms with van der Waals surface area (Å²) in [6, 6.07) is 13.5. The number of amides is 1. The molecule has 0 saturated heterocycles. The van der Waals surface area contributed by atoms with E-state index in [4.69, 9.17) is 5.26 Å². The molecule has 0 fully saturated rings. The molecule has 1 amide bonds. The normalized spacial score (nSPS) is 11.6. The number of hydrogen-bond donors (Lipinski definition) is 1. The summed E-state index contributed by atoms with van der Waals surface area (Å²) in [5.41, 5.74) is 1.81. The van der Waals surface area contributed by atoms with Gasteiger partial charge in [-0.05, 0) is 36.1 Å². The van der Waals surface area contributed by atoms with Crippen LogP contribution in [0, 0.1) is 24.2 Å². The van der Waals surface area contributed by atoms with Crippen LogP contribution in [-0.2, 0) is 11.2 Å². The van der Waals surface area contributed by atoms with Gasteiger partial charge in [-0.15, -0.1) is 11.3 Å². The molecule has 96 valence electrons. The van der Waals surface area contributed by atoms with E-state index in [9.17, 15) is 4.79 Å². The van der Waals surface area contributed by atoms with Crippen molar-refractivity contribution in [2.24, 2.45) is 5.92 Å². The molecule has 3 nitrogen and oxygen atoms in total. The van der Waals surface area contributed by atoms with E-state index in [1.165, 1.54) is 0 Å². The first kappa shape index (κ1) is 13.3. The number of rotatable bonds is 4. The summed E-state index contributed by atoms with van der Waals surface area (Å²) in [6.07, 6.45) is 0.464. The van der Waals surface area contributed by atoms with Crippen molar-refractivity contribution in [2.45, 2.75) is 13.3 Å². The van der Waals surface area contributed by atoms with Crippen molar-refractivity contribution in [1.29, 1.82) is 5.26 Å². The molecule has 1 aromatic carbocycles. The first-order chi connectivity index (χ1) is 9.19. The predicted molar refractivity (Wildman–Crippen MR) is 76.9 cm³/mol. The number of nitriles is 1. The molecule has 2 rings (SSSR count). The van der Waals surface area contributed by atoms with Gasteiger partial charge in [0.15, 0.2) is 0 Å². The summed E-state index contributed by atoms with van der Waals surface area (Å²) in [6.45, 7) is 1.96. The molecule has 1 aromatic heterocycles. The number of anilines is 1. The molecule has 0 aliphatic heterocycles. The number of aryl methyl sites for hydroxylation is 1. The monoisotopic (exact) mass is 270 g/mol. The van der Waals surface area contributed by atoms with Crippen LogP contribution in [0.3, 0.4) is 0 Å². The highest BCUT2D eigenvalue weighted by atomic mass is 32.1. The highest BCUT2D eigenvalue weighted by molar-refractivity contribution is 7.09. The zero-order valence-corrected chi connectivity index (χ0v) is 11.4. The Morgan fingerprint density at radius 3 is 2.89 bits per heavy atom. The summed E-state index contributed by atoms with van der Waals surface area (Å²) < 4.78 is 0. The zero-order chi connectivity index (χ0) is 13.7. The van der Waals surface area contributed by atoms with Crippen LogP contribution in [0.15, 0.2) is 41.8 Å². The number of nitrogens with zero attached hydrogens (tertiary/aromatic N) is 1. The minimum Gasteiger partial charge on any atom is -0.325 e. The van der Waals surface area contributed by atoms with Crippen LogP contribution in [0.4, 0.5) is 5.69 Å². The highest BCUT2D eigenvalue weighted by Crippen LogP contribution is 2.16. The van der Waals surface area contributed by atoms with Gasteiger partial charge in [0.25, 0.3) is 0 Å². The molecule has 1 heterocycles. The van der Waals surface area contributed by atoms with Crippen molar-refractivity contribution in [2.75, 3.05) is 5.32 Å². The second kappa shape index (κ2) is 6.17. The fraction of sp³-hybridized carbons (Fsp3) is 0.200. The third-order valence-corrected chi connectivity index (χ3v) is 3.64. The Bertz CT molecular complexity index is 599. The molecule has 1 atom stereocenters. The number of thiophene rings is 1. The van der Waals surface area contributed by atoms with Gasteiger partial charge in [0.1, 0.15) is 5.92 Å². The minimum atomic E-state index is -0.654. The van der Waals surface area contributed by atoms with E-state index in [0.29, 0.717) is 6.42 Å². The van der Waals surface area contributed by atoms with Crippen molar-refractivity contribution < 1.29 is 4.79 Å². The molecule has 1 N–H and O–H groups in total. The smallest absolute Gasteiger partial charge is 0.242 e. The molecular weight excluding hydrogens is 256 g/mol. The number of benzene rings is 1. The molecular formula is C15H14N2OS. The largest absolute Gasteiger partial charge is 0.325 e. The lowest BCUT2D eigenvalue weighted by atomic mass is 10.1. The van der Waals surface area contributed by atoms with Gasteiger partial charge in [-0.25, -0.2) is 0 Å². The van der Waals surface area contributed by atoms with Crippen molar-refractivity contribution >= 4 is 22.9 Å². The van der Waals surface area contributed by atoms with Crippen LogP contribution in [0.25, 0.3) is 0 Å². The number of carbonyl (C=O) groups excluding carboxylic acids is 1. The van der Waals surface area contributed by atoms with E-state index in [1.54, 1.807) is 11.3 Å². The lowest BCUT2D eigenvalue weighted by Gasteiger charge is -2.09. The average Bonchev–Trinajstić information content (AvgIpc) is 2.88. The zero-order valence-electron chi connectivity index (χ0n) is 10.6. The fourth-order valence-corrected chi connectivity index (χ4v) is 2.53. The first-order valence-electron chi connectivity index (χ1n) is 5.98. The maximum absolute atomic E-state index is 12.1. The lowest BCUT2D eigenvalue weighted by Crippen LogP contribution is -2.23. The summed E-state index contributed by atoms with van der Waals surface area (Å²) in [5, 5.41) is 13.9. The van der Waals surface area contributed by atoms with Crippen molar-refractivity contribution in [1.82, 2.24) is 0 Å². The topological polar surface area (TPSA) is 52.9 Å². The Hall–Kier alpha value is -2.12. The molecule has 0 radical (unpaired) electrons. The third kappa shape index (κ3) is 3.67. The summed E-state index contributed by atoms with van der Waals surface area (Å²) in [5.74, 6) is -0.902. The van der Waals surface area contributed by atoms with Crippen LogP contribution >= 0.6 is 11.3 Å². The predicted octanol–water partition coefficient (Wildman–Crippen LogP) is 3.38. The van der Waals surface area contributed by atoms with Crippen LogP contribution < -0.4 is 5.32 Å². The number of nitrogens with one attached hydrogen (secondary N) is 1. The molecule has 19 heavy (non-hydrogen) atoms. The molecule has 0 saturated carbocycles. The fourth-order valence-electron chi connectivity index (χ4n) is 1.78. The van der Waals surface area contributed by atoms with Gasteiger partial charge < -0.3 is 5.32 Å². The Morgan fingerprint density at radius 2 is 2.26 bits per heavy atom. The molecule has 4 heteroatoms. The second-order valence-electron chi connectivity index (χ2n) is 4.32. The van der Waals surface area contributed by atoms with E-state index in [2.05, 4.69) is 11.4 Å². The molecule has 0 spiro atoms. The molecule has 0 bridgehead atoms. The average molecular weight is 270 g/mol. The van der Waals surface area contributed by atoms with Crippen LogP contribution in [0.5, 0.6) is 0 Å². The van der Waals surface area contributed by atoms with Gasteiger partial charge in [0.2, 0.25) is 5.91 Å². The van der Waals surface area contributed by atoms with Gasteiger partial charge in [-0.3, -0.25) is 4.79 Å². The lowest BCUT2D eigenvalue weighted by molar-refractivity contribution is -0.118. The third-order valence-electron chi connectivity index (χ3n) is 2.74. The highest BCUT2D eigenvalue weighted by Gasteiger charge is 2.19. The molecule has 0 unspecified atom stereocenters. The number of carbonyl (C=O) groups is 1. The van der Waals surface area contributed by atoms with Gasteiger partial charge in [0, 0.05) is 17.0 Å². The second-order valence-corrected chi connectivity index (χ2v) is 5.36. The van der Waals surface area contributed by atoms with E-state index >= 15 is 0 Å². The van der Waals surface area contributed by atoms with E-state index < -0.39 is 5.92 Å². The summed E-state index contributed by atoms with van der Waals surface area (Å²) in [7, 11) is 0. The van der Waals surface area contributed by atoms with Crippen LogP contribution in [0.2, 0.25) is 0 Å². The standard InChI is InChI=1S/C15H14N2OS/c1-11-4-2-5-13(8-11)17-15(18)12(10-16)9-14-6-3-7-19-14/h2-8,12H,9H2,1H3,(H,17,18)/t12-/m1/s1. The quantitative estimate of drug-likeness (QED) is 0.926. The van der Waals surface area contributed by atoms with Crippen molar-refractivity contribution in [3.8, 4) is 6.07 Å². The van der Waals surface area contributed by atoms with Gasteiger partial charge in [-0.1, -0.05) is 18.2 Å². The maximum Gasteiger partial charge on any atom is 0.242 e. The van der Waals surface area contributed by atoms with E-state index in [1.807, 2.05) is 48.7 Å². The minimum absolute atomic E-state index is 0.249. The Labute approximate surface area is 116 Å². The molecule has 0 aliphatic carbocycles. The maximum atomic E-state index is 12.1. The summed E-state index contributed by atoms with van der Waals surface area (Å²) in [4.78, 5) is 13.1. The summed E-state index contributed by atoms with van der Waals surface area (Å²) >= 11 is 1.56. The first-order valence-corrected chi connectivity index (χ1v) is 6.86. The Balaban J connectivity index is 2.03. The van der Waals surface area contributed by atoms with Crippen molar-refractivity contribution in [3.63, 3.8) is 0 Å². The van der Waals surface area contributed by atoms with Crippen LogP contribution in [0.1, 0.15) is 10.4 Å². The van der Waals surface area contributed by atoms with Gasteiger partial charge in [0.05, 0.1) is 6.07 Å². The van der Waals surface area contributed by atoms with Crippen molar-refractivity contribution in [3.05, 3.63) is 52.2 Å². The van der Waals surface area contributed by atoms with E-state index in [0.717, 1.165) is 16.1 Å². The molecule has 2 aromatic rings. The van der Waals surface area contributed by atoms with E-state index in [-0.39, 0.29) is 5.91 Å².